The fourth-order valence-electron chi connectivity index (χ4n) is 1.33. The number of carbonyl (C=O) groups excluding carboxylic acids is 2. The van der Waals surface area contributed by atoms with Crippen LogP contribution in [0.5, 0.6) is 0 Å². The molecule has 0 radical (unpaired) electrons. The fraction of sp³-hybridized carbons (Fsp3) is 0.556. The predicted octanol–water partition coefficient (Wildman–Crippen LogP) is 1.23. The maximum atomic E-state index is 10.5. The molecular formula is C9H12O3. The van der Waals surface area contributed by atoms with Crippen LogP contribution in [0.25, 0.3) is 0 Å². The molecule has 1 aliphatic rings. The van der Waals surface area contributed by atoms with Gasteiger partial charge in [-0.3, -0.25) is 9.59 Å². The molecule has 0 fully saturated rings. The van der Waals surface area contributed by atoms with Crippen molar-refractivity contribution < 1.29 is 14.3 Å². The van der Waals surface area contributed by atoms with Gasteiger partial charge < -0.3 is 4.74 Å². The van der Waals surface area contributed by atoms with Crippen molar-refractivity contribution in [2.45, 2.75) is 26.2 Å². The van der Waals surface area contributed by atoms with Crippen LogP contribution in [0.4, 0.5) is 0 Å². The van der Waals surface area contributed by atoms with Gasteiger partial charge in [0.25, 0.3) is 0 Å². The van der Waals surface area contributed by atoms with Crippen molar-refractivity contribution >= 4 is 12.3 Å². The SMILES string of the molecule is CC(=O)OCC1=C(C=O)CCC1. The van der Waals surface area contributed by atoms with Crippen molar-refractivity contribution in [3.8, 4) is 0 Å². The van der Waals surface area contributed by atoms with Crippen LogP contribution < -0.4 is 0 Å². The monoisotopic (exact) mass is 168 g/mol. The number of aldehydes is 1. The topological polar surface area (TPSA) is 43.4 Å². The van der Waals surface area contributed by atoms with Crippen LogP contribution in [-0.4, -0.2) is 18.9 Å². The van der Waals surface area contributed by atoms with E-state index in [1.165, 1.54) is 6.92 Å². The molecule has 1 aliphatic carbocycles. The molecule has 3 nitrogen and oxygen atoms in total. The Hall–Kier alpha value is -1.12. The molecule has 1 rings (SSSR count). The van der Waals surface area contributed by atoms with Crippen molar-refractivity contribution in [2.75, 3.05) is 6.61 Å². The van der Waals surface area contributed by atoms with Crippen LogP contribution in [0.2, 0.25) is 0 Å². The molecule has 0 saturated heterocycles. The standard InChI is InChI=1S/C9H12O3/c1-7(11)12-6-9-4-2-3-8(9)5-10/h5H,2-4,6H2,1H3. The lowest BCUT2D eigenvalue weighted by Crippen LogP contribution is -2.03. The molecule has 0 saturated carbocycles. The molecule has 0 unspecified atom stereocenters. The highest BCUT2D eigenvalue weighted by atomic mass is 16.5. The molecule has 0 aromatic carbocycles. The van der Waals surface area contributed by atoms with Gasteiger partial charge in [-0.25, -0.2) is 0 Å². The Labute approximate surface area is 71.4 Å². The van der Waals surface area contributed by atoms with E-state index in [0.29, 0.717) is 6.61 Å². The number of ether oxygens (including phenoxy) is 1. The van der Waals surface area contributed by atoms with Crippen LogP contribution in [-0.2, 0) is 14.3 Å². The molecule has 0 bridgehead atoms. The van der Waals surface area contributed by atoms with Gasteiger partial charge in [-0.2, -0.15) is 0 Å². The van der Waals surface area contributed by atoms with Gasteiger partial charge in [0, 0.05) is 6.92 Å². The minimum Gasteiger partial charge on any atom is -0.461 e. The van der Waals surface area contributed by atoms with E-state index in [1.54, 1.807) is 0 Å². The van der Waals surface area contributed by atoms with E-state index in [1.807, 2.05) is 0 Å². The van der Waals surface area contributed by atoms with E-state index in [4.69, 9.17) is 4.74 Å². The Kier molecular flexibility index (Phi) is 3.02. The third kappa shape index (κ3) is 2.19. The van der Waals surface area contributed by atoms with Crippen LogP contribution in [0.1, 0.15) is 26.2 Å². The minimum atomic E-state index is -0.292. The van der Waals surface area contributed by atoms with E-state index in [2.05, 4.69) is 0 Å². The second kappa shape index (κ2) is 4.04. The van der Waals surface area contributed by atoms with Gasteiger partial charge >= 0.3 is 5.97 Å². The van der Waals surface area contributed by atoms with Gasteiger partial charge in [-0.1, -0.05) is 0 Å². The molecule has 12 heavy (non-hydrogen) atoms. The van der Waals surface area contributed by atoms with Crippen molar-refractivity contribution in [3.05, 3.63) is 11.1 Å². The van der Waals surface area contributed by atoms with Gasteiger partial charge in [0.05, 0.1) is 0 Å². The number of rotatable bonds is 3. The summed E-state index contributed by atoms with van der Waals surface area (Å²) in [6, 6.07) is 0. The summed E-state index contributed by atoms with van der Waals surface area (Å²) >= 11 is 0. The average molecular weight is 168 g/mol. The van der Waals surface area contributed by atoms with Crippen LogP contribution in [0, 0.1) is 0 Å². The van der Waals surface area contributed by atoms with Crippen molar-refractivity contribution in [3.63, 3.8) is 0 Å². The quantitative estimate of drug-likeness (QED) is 0.470. The predicted molar refractivity (Wildman–Crippen MR) is 43.6 cm³/mol. The average Bonchev–Trinajstić information content (AvgIpc) is 2.47. The highest BCUT2D eigenvalue weighted by Crippen LogP contribution is 2.24. The maximum Gasteiger partial charge on any atom is 0.302 e. The summed E-state index contributed by atoms with van der Waals surface area (Å²) in [6.07, 6.45) is 3.60. The lowest BCUT2D eigenvalue weighted by molar-refractivity contribution is -0.140. The Balaban J connectivity index is 2.49. The molecule has 0 N–H and O–H groups in total. The maximum absolute atomic E-state index is 10.5. The number of hydrogen-bond donors (Lipinski definition) is 0. The Morgan fingerprint density at radius 3 is 2.92 bits per heavy atom. The van der Waals surface area contributed by atoms with E-state index in [0.717, 1.165) is 36.7 Å². The number of carbonyl (C=O) groups is 2. The summed E-state index contributed by atoms with van der Waals surface area (Å²) in [5, 5.41) is 0. The largest absolute Gasteiger partial charge is 0.461 e. The van der Waals surface area contributed by atoms with Crippen LogP contribution in [0.15, 0.2) is 11.1 Å². The first kappa shape index (κ1) is 8.97. The number of hydrogen-bond acceptors (Lipinski definition) is 3. The molecule has 0 amide bonds. The van der Waals surface area contributed by atoms with Crippen LogP contribution >= 0.6 is 0 Å². The highest BCUT2D eigenvalue weighted by Gasteiger charge is 2.14. The van der Waals surface area contributed by atoms with Crippen LogP contribution in [0.3, 0.4) is 0 Å². The zero-order chi connectivity index (χ0) is 8.97. The zero-order valence-corrected chi connectivity index (χ0v) is 7.13. The smallest absolute Gasteiger partial charge is 0.302 e. The molecule has 0 aromatic heterocycles. The van der Waals surface area contributed by atoms with Crippen molar-refractivity contribution in [2.24, 2.45) is 0 Å². The molecule has 0 heterocycles. The molecular weight excluding hydrogens is 156 g/mol. The molecule has 0 aliphatic heterocycles. The third-order valence-corrected chi connectivity index (χ3v) is 1.97. The van der Waals surface area contributed by atoms with E-state index >= 15 is 0 Å². The van der Waals surface area contributed by atoms with Gasteiger partial charge in [0.1, 0.15) is 12.9 Å². The second-order valence-corrected chi connectivity index (χ2v) is 2.88. The van der Waals surface area contributed by atoms with Crippen molar-refractivity contribution in [1.82, 2.24) is 0 Å². The Morgan fingerprint density at radius 1 is 1.58 bits per heavy atom. The fourth-order valence-corrected chi connectivity index (χ4v) is 1.33. The Bertz CT molecular complexity index is 228. The number of allylic oxidation sites excluding steroid dienone is 1. The summed E-state index contributed by atoms with van der Waals surface area (Å²) in [5.74, 6) is -0.292. The van der Waals surface area contributed by atoms with Gasteiger partial charge in [0.15, 0.2) is 0 Å². The Morgan fingerprint density at radius 2 is 2.33 bits per heavy atom. The highest BCUT2D eigenvalue weighted by molar-refractivity contribution is 5.75. The lowest BCUT2D eigenvalue weighted by atomic mass is 10.2. The summed E-state index contributed by atoms with van der Waals surface area (Å²) < 4.78 is 4.80. The molecule has 0 atom stereocenters. The third-order valence-electron chi connectivity index (χ3n) is 1.97. The summed E-state index contributed by atoms with van der Waals surface area (Å²) in [7, 11) is 0. The summed E-state index contributed by atoms with van der Waals surface area (Å²) in [4.78, 5) is 20.9. The first-order chi connectivity index (χ1) is 5.74. The van der Waals surface area contributed by atoms with E-state index < -0.39 is 0 Å². The molecule has 0 aromatic rings. The van der Waals surface area contributed by atoms with Gasteiger partial charge in [-0.05, 0) is 30.4 Å². The number of esters is 1. The first-order valence-electron chi connectivity index (χ1n) is 4.03. The van der Waals surface area contributed by atoms with Crippen molar-refractivity contribution in [1.29, 1.82) is 0 Å². The molecule has 66 valence electrons. The first-order valence-corrected chi connectivity index (χ1v) is 4.03. The van der Waals surface area contributed by atoms with E-state index in [-0.39, 0.29) is 5.97 Å². The normalized spacial score (nSPS) is 16.4. The van der Waals surface area contributed by atoms with Gasteiger partial charge in [-0.15, -0.1) is 0 Å². The van der Waals surface area contributed by atoms with Gasteiger partial charge in [0.2, 0.25) is 0 Å². The second-order valence-electron chi connectivity index (χ2n) is 2.88. The molecule has 3 heteroatoms. The van der Waals surface area contributed by atoms with E-state index in [9.17, 15) is 9.59 Å². The minimum absolute atomic E-state index is 0.292. The lowest BCUT2D eigenvalue weighted by Gasteiger charge is -2.02. The molecule has 0 spiro atoms. The summed E-state index contributed by atoms with van der Waals surface area (Å²) in [5.41, 5.74) is 1.80. The summed E-state index contributed by atoms with van der Waals surface area (Å²) in [6.45, 7) is 1.67. The zero-order valence-electron chi connectivity index (χ0n) is 7.13.